The van der Waals surface area contributed by atoms with Gasteiger partial charge in [0.05, 0.1) is 25.9 Å². The predicted molar refractivity (Wildman–Crippen MR) is 103 cm³/mol. The van der Waals surface area contributed by atoms with Crippen LogP contribution in [0.4, 0.5) is 0 Å². The molecule has 0 radical (unpaired) electrons. The number of aryl methyl sites for hydroxylation is 1. The summed E-state index contributed by atoms with van der Waals surface area (Å²) in [6.45, 7) is 4.41. The summed E-state index contributed by atoms with van der Waals surface area (Å²) in [4.78, 5) is 34.4. The van der Waals surface area contributed by atoms with Crippen molar-refractivity contribution in [2.75, 3.05) is 26.2 Å². The van der Waals surface area contributed by atoms with Crippen molar-refractivity contribution < 1.29 is 14.3 Å². The molecule has 0 bridgehead atoms. The van der Waals surface area contributed by atoms with E-state index in [1.165, 1.54) is 18.6 Å². The molecular formula is C21H24N4O3. The second-order valence-corrected chi connectivity index (χ2v) is 7.73. The fourth-order valence-electron chi connectivity index (χ4n) is 3.83. The van der Waals surface area contributed by atoms with Crippen molar-refractivity contribution in [2.24, 2.45) is 5.92 Å². The van der Waals surface area contributed by atoms with Gasteiger partial charge in [0.1, 0.15) is 11.3 Å². The molecule has 4 rings (SSSR count). The van der Waals surface area contributed by atoms with Crippen molar-refractivity contribution in [1.82, 2.24) is 20.2 Å². The van der Waals surface area contributed by atoms with E-state index in [0.717, 1.165) is 24.0 Å². The van der Waals surface area contributed by atoms with Gasteiger partial charge in [-0.25, -0.2) is 4.98 Å². The average molecular weight is 380 g/mol. The van der Waals surface area contributed by atoms with E-state index in [1.807, 2.05) is 36.1 Å². The third-order valence-electron chi connectivity index (χ3n) is 5.49. The zero-order valence-electron chi connectivity index (χ0n) is 15.9. The van der Waals surface area contributed by atoms with Crippen molar-refractivity contribution in [3.63, 3.8) is 0 Å². The number of ether oxygens (including phenoxy) is 1. The van der Waals surface area contributed by atoms with Crippen molar-refractivity contribution in [3.8, 4) is 0 Å². The Morgan fingerprint density at radius 2 is 2.18 bits per heavy atom. The number of benzene rings is 1. The van der Waals surface area contributed by atoms with Crippen LogP contribution < -0.4 is 5.32 Å². The summed E-state index contributed by atoms with van der Waals surface area (Å²) < 4.78 is 6.12. The summed E-state index contributed by atoms with van der Waals surface area (Å²) >= 11 is 0. The standard InChI is InChI=1S/C21H24N4O3/c1-15-3-2-4-17(9-15)20(27)25-13-21(14-25)6-5-16(12-28-21)10-24-19(26)18-11-22-7-8-23-18/h2-4,7-9,11,16H,5-6,10,12-14H2,1H3,(H,24,26)/t16-/m0/s1. The lowest BCUT2D eigenvalue weighted by Gasteiger charge is -2.52. The monoisotopic (exact) mass is 380 g/mol. The summed E-state index contributed by atoms with van der Waals surface area (Å²) in [5.41, 5.74) is 1.92. The average Bonchev–Trinajstić information content (AvgIpc) is 2.71. The van der Waals surface area contributed by atoms with Gasteiger partial charge in [0.15, 0.2) is 0 Å². The van der Waals surface area contributed by atoms with Gasteiger partial charge in [-0.05, 0) is 37.8 Å². The quantitative estimate of drug-likeness (QED) is 0.875. The van der Waals surface area contributed by atoms with E-state index in [1.54, 1.807) is 0 Å². The van der Waals surface area contributed by atoms with E-state index in [9.17, 15) is 9.59 Å². The Morgan fingerprint density at radius 1 is 1.32 bits per heavy atom. The maximum absolute atomic E-state index is 12.6. The smallest absolute Gasteiger partial charge is 0.271 e. The van der Waals surface area contributed by atoms with Crippen molar-refractivity contribution in [2.45, 2.75) is 25.4 Å². The first kappa shape index (κ1) is 18.6. The largest absolute Gasteiger partial charge is 0.371 e. The van der Waals surface area contributed by atoms with Gasteiger partial charge in [-0.3, -0.25) is 14.6 Å². The number of nitrogens with one attached hydrogen (secondary N) is 1. The predicted octanol–water partition coefficient (Wildman–Crippen LogP) is 1.84. The van der Waals surface area contributed by atoms with Crippen LogP contribution in [0.2, 0.25) is 0 Å². The second-order valence-electron chi connectivity index (χ2n) is 7.73. The molecule has 1 N–H and O–H groups in total. The van der Waals surface area contributed by atoms with Crippen LogP contribution in [0, 0.1) is 12.8 Å². The number of hydrogen-bond donors (Lipinski definition) is 1. The van der Waals surface area contributed by atoms with E-state index in [-0.39, 0.29) is 23.3 Å². The minimum atomic E-state index is -0.217. The molecular weight excluding hydrogens is 356 g/mol. The molecule has 2 aliphatic heterocycles. The third-order valence-corrected chi connectivity index (χ3v) is 5.49. The van der Waals surface area contributed by atoms with Crippen LogP contribution in [0.3, 0.4) is 0 Å². The van der Waals surface area contributed by atoms with Crippen LogP contribution in [0.5, 0.6) is 0 Å². The molecule has 28 heavy (non-hydrogen) atoms. The van der Waals surface area contributed by atoms with Gasteiger partial charge in [0, 0.05) is 24.5 Å². The number of aromatic nitrogens is 2. The Kier molecular flexibility index (Phi) is 5.09. The highest BCUT2D eigenvalue weighted by atomic mass is 16.5. The lowest BCUT2D eigenvalue weighted by atomic mass is 9.82. The van der Waals surface area contributed by atoms with Gasteiger partial charge in [-0.15, -0.1) is 0 Å². The van der Waals surface area contributed by atoms with Gasteiger partial charge < -0.3 is 15.0 Å². The minimum absolute atomic E-state index is 0.0660. The summed E-state index contributed by atoms with van der Waals surface area (Å²) in [6, 6.07) is 7.68. The highest BCUT2D eigenvalue weighted by Gasteiger charge is 2.48. The molecule has 146 valence electrons. The fraction of sp³-hybridized carbons (Fsp3) is 0.429. The van der Waals surface area contributed by atoms with Crippen LogP contribution in [0.1, 0.15) is 39.3 Å². The molecule has 2 aliphatic rings. The van der Waals surface area contributed by atoms with E-state index < -0.39 is 0 Å². The fourth-order valence-corrected chi connectivity index (χ4v) is 3.83. The number of rotatable bonds is 4. The van der Waals surface area contributed by atoms with Gasteiger partial charge in [0.2, 0.25) is 0 Å². The van der Waals surface area contributed by atoms with Gasteiger partial charge >= 0.3 is 0 Å². The van der Waals surface area contributed by atoms with Crippen molar-refractivity contribution in [1.29, 1.82) is 0 Å². The lowest BCUT2D eigenvalue weighted by molar-refractivity contribution is -0.166. The Bertz CT molecular complexity index is 855. The number of likely N-dealkylation sites (tertiary alicyclic amines) is 1. The normalized spacial score (nSPS) is 20.5. The molecule has 1 aromatic carbocycles. The van der Waals surface area contributed by atoms with Crippen LogP contribution in [-0.2, 0) is 4.74 Å². The molecule has 7 heteroatoms. The van der Waals surface area contributed by atoms with E-state index in [0.29, 0.717) is 31.9 Å². The molecule has 1 atom stereocenters. The Hall–Kier alpha value is -2.80. The number of carbonyl (C=O) groups is 2. The van der Waals surface area contributed by atoms with Crippen LogP contribution in [0.25, 0.3) is 0 Å². The molecule has 7 nitrogen and oxygen atoms in total. The number of nitrogens with zero attached hydrogens (tertiary/aromatic N) is 3. The highest BCUT2D eigenvalue weighted by Crippen LogP contribution is 2.36. The topological polar surface area (TPSA) is 84.4 Å². The summed E-state index contributed by atoms with van der Waals surface area (Å²) in [6.07, 6.45) is 6.36. The summed E-state index contributed by atoms with van der Waals surface area (Å²) in [5.74, 6) is 0.121. The molecule has 3 heterocycles. The molecule has 1 aromatic heterocycles. The zero-order chi connectivity index (χ0) is 19.6. The van der Waals surface area contributed by atoms with E-state index >= 15 is 0 Å². The molecule has 0 unspecified atom stereocenters. The highest BCUT2D eigenvalue weighted by molar-refractivity contribution is 5.95. The van der Waals surface area contributed by atoms with Gasteiger partial charge in [0.25, 0.3) is 11.8 Å². The van der Waals surface area contributed by atoms with E-state index in [4.69, 9.17) is 4.74 Å². The molecule has 2 amide bonds. The van der Waals surface area contributed by atoms with Crippen molar-refractivity contribution in [3.05, 3.63) is 59.7 Å². The molecule has 2 aromatic rings. The van der Waals surface area contributed by atoms with Crippen LogP contribution >= 0.6 is 0 Å². The minimum Gasteiger partial charge on any atom is -0.371 e. The number of carbonyl (C=O) groups excluding carboxylic acids is 2. The Balaban J connectivity index is 1.23. The van der Waals surface area contributed by atoms with Gasteiger partial charge in [-0.1, -0.05) is 17.7 Å². The Morgan fingerprint density at radius 3 is 2.86 bits per heavy atom. The maximum Gasteiger partial charge on any atom is 0.271 e. The molecule has 2 saturated heterocycles. The lowest BCUT2D eigenvalue weighted by Crippen LogP contribution is -2.66. The maximum atomic E-state index is 12.6. The van der Waals surface area contributed by atoms with Crippen LogP contribution in [-0.4, -0.2) is 58.5 Å². The van der Waals surface area contributed by atoms with E-state index in [2.05, 4.69) is 15.3 Å². The molecule has 2 fully saturated rings. The first-order chi connectivity index (χ1) is 13.5. The number of hydrogen-bond acceptors (Lipinski definition) is 5. The molecule has 0 saturated carbocycles. The SMILES string of the molecule is Cc1cccc(C(=O)N2CC3(CC[C@@H](CNC(=O)c4cnccn4)CO3)C2)c1. The molecule has 0 aliphatic carbocycles. The summed E-state index contributed by atoms with van der Waals surface area (Å²) in [5, 5.41) is 2.90. The van der Waals surface area contributed by atoms with Crippen molar-refractivity contribution >= 4 is 11.8 Å². The Labute approximate surface area is 164 Å². The second kappa shape index (κ2) is 7.67. The number of amides is 2. The first-order valence-corrected chi connectivity index (χ1v) is 9.59. The third kappa shape index (κ3) is 3.89. The van der Waals surface area contributed by atoms with Crippen LogP contribution in [0.15, 0.2) is 42.9 Å². The summed E-state index contributed by atoms with van der Waals surface area (Å²) in [7, 11) is 0. The molecule has 1 spiro atoms. The first-order valence-electron chi connectivity index (χ1n) is 9.59. The van der Waals surface area contributed by atoms with Gasteiger partial charge in [-0.2, -0.15) is 0 Å². The zero-order valence-corrected chi connectivity index (χ0v) is 15.9.